The third-order valence-electron chi connectivity index (χ3n) is 5.14. The number of ketones is 1. The maximum atomic E-state index is 11.7. The van der Waals surface area contributed by atoms with E-state index in [4.69, 9.17) is 4.74 Å². The van der Waals surface area contributed by atoms with Crippen LogP contribution >= 0.6 is 0 Å². The molecule has 0 aromatic heterocycles. The lowest BCUT2D eigenvalue weighted by atomic mass is 10.0. The number of hydrogen-bond acceptors (Lipinski definition) is 4. The molecule has 1 saturated carbocycles. The summed E-state index contributed by atoms with van der Waals surface area (Å²) in [5.41, 5.74) is 1.91. The second kappa shape index (κ2) is 8.13. The summed E-state index contributed by atoms with van der Waals surface area (Å²) in [4.78, 5) is 14.2. The van der Waals surface area contributed by atoms with Gasteiger partial charge in [-0.1, -0.05) is 0 Å². The van der Waals surface area contributed by atoms with Gasteiger partial charge in [-0.15, -0.1) is 0 Å². The van der Waals surface area contributed by atoms with Crippen LogP contribution in [0.15, 0.2) is 18.2 Å². The van der Waals surface area contributed by atoms with Gasteiger partial charge in [0.05, 0.1) is 6.61 Å². The molecule has 4 heteroatoms. The standard InChI is InChI=1S/C20H30N2O2/c1-3-24-20-7-6-17(15(2)23)12-18(20)14-22-10-8-19(9-11-22)21-13-16-4-5-16/h6-7,12,16,19,21H,3-5,8-11,13-14H2,1-2H3. The fraction of sp³-hybridized carbons (Fsp3) is 0.650. The molecule has 0 unspecified atom stereocenters. The quantitative estimate of drug-likeness (QED) is 0.743. The van der Waals surface area contributed by atoms with Gasteiger partial charge < -0.3 is 10.1 Å². The highest BCUT2D eigenvalue weighted by Gasteiger charge is 2.24. The van der Waals surface area contributed by atoms with Crippen LogP contribution in [0.2, 0.25) is 0 Å². The number of nitrogens with zero attached hydrogens (tertiary/aromatic N) is 1. The fourth-order valence-corrected chi connectivity index (χ4v) is 3.41. The van der Waals surface area contributed by atoms with E-state index in [-0.39, 0.29) is 5.78 Å². The lowest BCUT2D eigenvalue weighted by Crippen LogP contribution is -2.42. The molecule has 1 aliphatic heterocycles. The number of rotatable bonds is 8. The molecule has 1 heterocycles. The second-order valence-electron chi connectivity index (χ2n) is 7.21. The molecule has 0 amide bonds. The van der Waals surface area contributed by atoms with Crippen molar-refractivity contribution >= 4 is 5.78 Å². The van der Waals surface area contributed by atoms with Gasteiger partial charge in [-0.3, -0.25) is 9.69 Å². The van der Waals surface area contributed by atoms with Gasteiger partial charge in [-0.25, -0.2) is 0 Å². The molecule has 0 radical (unpaired) electrons. The van der Waals surface area contributed by atoms with Crippen LogP contribution in [0, 0.1) is 5.92 Å². The summed E-state index contributed by atoms with van der Waals surface area (Å²) in [6.07, 6.45) is 5.25. The van der Waals surface area contributed by atoms with E-state index >= 15 is 0 Å². The lowest BCUT2D eigenvalue weighted by Gasteiger charge is -2.33. The normalized spacial score (nSPS) is 19.4. The Bertz CT molecular complexity index is 561. The van der Waals surface area contributed by atoms with E-state index in [0.717, 1.165) is 42.4 Å². The van der Waals surface area contributed by atoms with Crippen molar-refractivity contribution in [2.24, 2.45) is 5.92 Å². The molecule has 4 nitrogen and oxygen atoms in total. The van der Waals surface area contributed by atoms with E-state index in [0.29, 0.717) is 12.6 Å². The van der Waals surface area contributed by atoms with Crippen molar-refractivity contribution in [1.82, 2.24) is 10.2 Å². The van der Waals surface area contributed by atoms with Crippen LogP contribution in [0.1, 0.15) is 55.5 Å². The third kappa shape index (κ3) is 4.81. The predicted octanol–water partition coefficient (Wildman–Crippen LogP) is 3.25. The Labute approximate surface area is 145 Å². The molecule has 1 aromatic carbocycles. The number of Topliss-reactive ketones (excluding diaryl/α,β-unsaturated/α-hetero) is 1. The van der Waals surface area contributed by atoms with E-state index in [2.05, 4.69) is 10.2 Å². The fourth-order valence-electron chi connectivity index (χ4n) is 3.41. The van der Waals surface area contributed by atoms with E-state index in [1.165, 1.54) is 32.2 Å². The largest absolute Gasteiger partial charge is 0.494 e. The summed E-state index contributed by atoms with van der Waals surface area (Å²) in [5, 5.41) is 3.73. The number of carbonyl (C=O) groups is 1. The Balaban J connectivity index is 1.56. The molecule has 0 atom stereocenters. The van der Waals surface area contributed by atoms with Crippen LogP contribution in [-0.2, 0) is 6.54 Å². The molecule has 2 aliphatic rings. The average Bonchev–Trinajstić information content (AvgIpc) is 3.40. The van der Waals surface area contributed by atoms with Crippen LogP contribution in [0.4, 0.5) is 0 Å². The first-order chi connectivity index (χ1) is 11.7. The smallest absolute Gasteiger partial charge is 0.159 e. The molecule has 132 valence electrons. The monoisotopic (exact) mass is 330 g/mol. The predicted molar refractivity (Wildman–Crippen MR) is 96.6 cm³/mol. The molecular weight excluding hydrogens is 300 g/mol. The number of likely N-dealkylation sites (tertiary alicyclic amines) is 1. The summed E-state index contributed by atoms with van der Waals surface area (Å²) in [6.45, 7) is 8.57. The minimum atomic E-state index is 0.113. The highest BCUT2D eigenvalue weighted by Crippen LogP contribution is 2.28. The molecule has 1 saturated heterocycles. The SMILES string of the molecule is CCOc1ccc(C(C)=O)cc1CN1CCC(NCC2CC2)CC1. The number of nitrogens with one attached hydrogen (secondary N) is 1. The molecule has 1 aliphatic carbocycles. The maximum Gasteiger partial charge on any atom is 0.159 e. The summed E-state index contributed by atoms with van der Waals surface area (Å²) < 4.78 is 5.76. The van der Waals surface area contributed by atoms with Crippen LogP contribution in [0.5, 0.6) is 5.75 Å². The van der Waals surface area contributed by atoms with Crippen LogP contribution < -0.4 is 10.1 Å². The number of ether oxygens (including phenoxy) is 1. The second-order valence-corrected chi connectivity index (χ2v) is 7.21. The van der Waals surface area contributed by atoms with Crippen LogP contribution in [-0.4, -0.2) is 43.0 Å². The first-order valence-electron chi connectivity index (χ1n) is 9.38. The van der Waals surface area contributed by atoms with Gasteiger partial charge in [0.25, 0.3) is 0 Å². The molecule has 1 N–H and O–H groups in total. The van der Waals surface area contributed by atoms with Crippen molar-refractivity contribution in [3.8, 4) is 5.75 Å². The summed E-state index contributed by atoms with van der Waals surface area (Å²) in [5.74, 6) is 1.98. The van der Waals surface area contributed by atoms with E-state index in [1.54, 1.807) is 6.92 Å². The molecular formula is C20H30N2O2. The maximum absolute atomic E-state index is 11.7. The number of benzene rings is 1. The van der Waals surface area contributed by atoms with Crippen molar-refractivity contribution in [3.63, 3.8) is 0 Å². The zero-order valence-corrected chi connectivity index (χ0v) is 15.0. The summed E-state index contributed by atoms with van der Waals surface area (Å²) >= 11 is 0. The van der Waals surface area contributed by atoms with Crippen molar-refractivity contribution < 1.29 is 9.53 Å². The minimum absolute atomic E-state index is 0.113. The Morgan fingerprint density at radius 3 is 2.62 bits per heavy atom. The molecule has 1 aromatic rings. The Hall–Kier alpha value is -1.39. The zero-order chi connectivity index (χ0) is 16.9. The van der Waals surface area contributed by atoms with Crippen molar-refractivity contribution in [1.29, 1.82) is 0 Å². The zero-order valence-electron chi connectivity index (χ0n) is 15.0. The highest BCUT2D eigenvalue weighted by atomic mass is 16.5. The van der Waals surface area contributed by atoms with E-state index < -0.39 is 0 Å². The Morgan fingerprint density at radius 2 is 2.00 bits per heavy atom. The van der Waals surface area contributed by atoms with Crippen LogP contribution in [0.25, 0.3) is 0 Å². The van der Waals surface area contributed by atoms with Gasteiger partial charge in [0.15, 0.2) is 5.78 Å². The third-order valence-corrected chi connectivity index (χ3v) is 5.14. The molecule has 2 fully saturated rings. The number of carbonyl (C=O) groups excluding carboxylic acids is 1. The molecule has 24 heavy (non-hydrogen) atoms. The number of hydrogen-bond donors (Lipinski definition) is 1. The van der Waals surface area contributed by atoms with Crippen molar-refractivity contribution in [2.75, 3.05) is 26.2 Å². The van der Waals surface area contributed by atoms with Crippen molar-refractivity contribution in [2.45, 2.75) is 52.1 Å². The summed E-state index contributed by atoms with van der Waals surface area (Å²) in [7, 11) is 0. The highest BCUT2D eigenvalue weighted by molar-refractivity contribution is 5.94. The van der Waals surface area contributed by atoms with Crippen LogP contribution in [0.3, 0.4) is 0 Å². The summed E-state index contributed by atoms with van der Waals surface area (Å²) in [6, 6.07) is 6.49. The number of piperidine rings is 1. The Morgan fingerprint density at radius 1 is 1.25 bits per heavy atom. The minimum Gasteiger partial charge on any atom is -0.494 e. The van der Waals surface area contributed by atoms with Gasteiger partial charge in [0, 0.05) is 23.7 Å². The lowest BCUT2D eigenvalue weighted by molar-refractivity contribution is 0.101. The van der Waals surface area contributed by atoms with Gasteiger partial charge in [-0.2, -0.15) is 0 Å². The Kier molecular flexibility index (Phi) is 5.90. The first kappa shape index (κ1) is 17.4. The van der Waals surface area contributed by atoms with Gasteiger partial charge in [0.2, 0.25) is 0 Å². The first-order valence-corrected chi connectivity index (χ1v) is 9.38. The molecule has 0 spiro atoms. The average molecular weight is 330 g/mol. The topological polar surface area (TPSA) is 41.6 Å². The van der Waals surface area contributed by atoms with Gasteiger partial charge in [-0.05, 0) is 83.3 Å². The van der Waals surface area contributed by atoms with Crippen molar-refractivity contribution in [3.05, 3.63) is 29.3 Å². The van der Waals surface area contributed by atoms with E-state index in [9.17, 15) is 4.79 Å². The van der Waals surface area contributed by atoms with Gasteiger partial charge >= 0.3 is 0 Å². The molecule has 0 bridgehead atoms. The van der Waals surface area contributed by atoms with Gasteiger partial charge in [0.1, 0.15) is 5.75 Å². The van der Waals surface area contributed by atoms with E-state index in [1.807, 2.05) is 25.1 Å². The molecule has 3 rings (SSSR count).